The first-order chi connectivity index (χ1) is 13.0. The van der Waals surface area contributed by atoms with Gasteiger partial charge in [-0.3, -0.25) is 4.79 Å². The zero-order valence-electron chi connectivity index (χ0n) is 15.9. The molecular weight excluding hydrogens is 345 g/mol. The normalized spacial score (nSPS) is 14.3. The first-order valence-corrected chi connectivity index (χ1v) is 9.40. The molecule has 2 N–H and O–H groups in total. The van der Waals surface area contributed by atoms with Crippen LogP contribution in [0.25, 0.3) is 11.1 Å². The van der Waals surface area contributed by atoms with E-state index in [4.69, 9.17) is 10.5 Å². The standard InChI is InChI=1S/C22H26FNO3/c1-14-11-16(8-9-20(14)24)18-12-15(7-10-21(25)26-2)13-19(23)22(18)27-17-5-3-4-6-17/h8-9,11-13,17H,3-7,10,24H2,1-2H3. The van der Waals surface area contributed by atoms with Crippen LogP contribution in [-0.4, -0.2) is 19.2 Å². The predicted octanol–water partition coefficient (Wildman–Crippen LogP) is 4.81. The Morgan fingerprint density at radius 3 is 2.63 bits per heavy atom. The topological polar surface area (TPSA) is 61.5 Å². The van der Waals surface area contributed by atoms with Crippen LogP contribution in [0.5, 0.6) is 5.75 Å². The van der Waals surface area contributed by atoms with E-state index in [-0.39, 0.29) is 24.2 Å². The van der Waals surface area contributed by atoms with Crippen LogP contribution < -0.4 is 10.5 Å². The molecule has 0 atom stereocenters. The largest absolute Gasteiger partial charge is 0.487 e. The van der Waals surface area contributed by atoms with Crippen molar-refractivity contribution in [1.29, 1.82) is 0 Å². The third-order valence-corrected chi connectivity index (χ3v) is 5.12. The average molecular weight is 371 g/mol. The molecular formula is C22H26FNO3. The monoisotopic (exact) mass is 371 g/mol. The number of carbonyl (C=O) groups excluding carboxylic acids is 1. The maximum Gasteiger partial charge on any atom is 0.305 e. The van der Waals surface area contributed by atoms with Gasteiger partial charge in [-0.2, -0.15) is 0 Å². The molecule has 1 aliphatic carbocycles. The fourth-order valence-corrected chi connectivity index (χ4v) is 3.49. The fraction of sp³-hybridized carbons (Fsp3) is 0.409. The summed E-state index contributed by atoms with van der Waals surface area (Å²) in [4.78, 5) is 11.4. The summed E-state index contributed by atoms with van der Waals surface area (Å²) in [7, 11) is 1.35. The number of hydrogen-bond acceptors (Lipinski definition) is 4. The molecule has 0 saturated heterocycles. The van der Waals surface area contributed by atoms with E-state index < -0.39 is 5.82 Å². The zero-order valence-corrected chi connectivity index (χ0v) is 15.9. The molecule has 2 aromatic carbocycles. The maximum absolute atomic E-state index is 15.0. The molecule has 27 heavy (non-hydrogen) atoms. The SMILES string of the molecule is COC(=O)CCc1cc(F)c(OC2CCCC2)c(-c2ccc(N)c(C)c2)c1. The highest BCUT2D eigenvalue weighted by Gasteiger charge is 2.22. The van der Waals surface area contributed by atoms with Gasteiger partial charge in [0.2, 0.25) is 0 Å². The molecule has 5 heteroatoms. The van der Waals surface area contributed by atoms with Crippen LogP contribution in [0.3, 0.4) is 0 Å². The van der Waals surface area contributed by atoms with Crippen molar-refractivity contribution >= 4 is 11.7 Å². The van der Waals surface area contributed by atoms with Gasteiger partial charge in [0.05, 0.1) is 13.2 Å². The molecule has 1 saturated carbocycles. The van der Waals surface area contributed by atoms with E-state index >= 15 is 0 Å². The first kappa shape index (κ1) is 19.2. The van der Waals surface area contributed by atoms with Gasteiger partial charge in [-0.05, 0) is 80.0 Å². The Morgan fingerprint density at radius 1 is 1.22 bits per heavy atom. The predicted molar refractivity (Wildman–Crippen MR) is 104 cm³/mol. The van der Waals surface area contributed by atoms with Crippen LogP contribution >= 0.6 is 0 Å². The number of hydrogen-bond donors (Lipinski definition) is 1. The number of anilines is 1. The number of carbonyl (C=O) groups is 1. The second-order valence-corrected chi connectivity index (χ2v) is 7.13. The van der Waals surface area contributed by atoms with Crippen molar-refractivity contribution < 1.29 is 18.7 Å². The Hall–Kier alpha value is -2.56. The minimum absolute atomic E-state index is 0.0500. The summed E-state index contributed by atoms with van der Waals surface area (Å²) in [6, 6.07) is 9.00. The highest BCUT2D eigenvalue weighted by atomic mass is 19.1. The molecule has 0 aromatic heterocycles. The molecule has 0 unspecified atom stereocenters. The van der Waals surface area contributed by atoms with Crippen LogP contribution in [-0.2, 0) is 16.0 Å². The lowest BCUT2D eigenvalue weighted by molar-refractivity contribution is -0.140. The molecule has 3 rings (SSSR count). The Labute approximate surface area is 159 Å². The van der Waals surface area contributed by atoms with Crippen molar-refractivity contribution in [2.75, 3.05) is 12.8 Å². The summed E-state index contributed by atoms with van der Waals surface area (Å²) in [5.41, 5.74) is 9.85. The number of esters is 1. The average Bonchev–Trinajstić information content (AvgIpc) is 3.17. The maximum atomic E-state index is 15.0. The zero-order chi connectivity index (χ0) is 19.4. The molecule has 1 aliphatic rings. The van der Waals surface area contributed by atoms with Crippen molar-refractivity contribution in [3.63, 3.8) is 0 Å². The summed E-state index contributed by atoms with van der Waals surface area (Å²) in [6.45, 7) is 1.92. The van der Waals surface area contributed by atoms with E-state index in [9.17, 15) is 9.18 Å². The fourth-order valence-electron chi connectivity index (χ4n) is 3.49. The second-order valence-electron chi connectivity index (χ2n) is 7.13. The highest BCUT2D eigenvalue weighted by Crippen LogP contribution is 2.37. The molecule has 144 valence electrons. The number of rotatable bonds is 6. The number of halogens is 1. The number of benzene rings is 2. The Bertz CT molecular complexity index is 829. The van der Waals surface area contributed by atoms with Gasteiger partial charge in [0, 0.05) is 17.7 Å². The molecule has 2 aromatic rings. The molecule has 0 aliphatic heterocycles. The van der Waals surface area contributed by atoms with E-state index in [2.05, 4.69) is 4.74 Å². The summed E-state index contributed by atoms with van der Waals surface area (Å²) in [5.74, 6) is -0.423. The summed E-state index contributed by atoms with van der Waals surface area (Å²) >= 11 is 0. The van der Waals surface area contributed by atoms with Gasteiger partial charge in [-0.25, -0.2) is 4.39 Å². The Morgan fingerprint density at radius 2 is 1.96 bits per heavy atom. The minimum Gasteiger partial charge on any atom is -0.487 e. The third kappa shape index (κ3) is 4.59. The number of ether oxygens (including phenoxy) is 2. The molecule has 1 fully saturated rings. The van der Waals surface area contributed by atoms with Gasteiger partial charge in [-0.15, -0.1) is 0 Å². The van der Waals surface area contributed by atoms with E-state index in [0.29, 0.717) is 17.7 Å². The van der Waals surface area contributed by atoms with Crippen LogP contribution in [0.1, 0.15) is 43.2 Å². The first-order valence-electron chi connectivity index (χ1n) is 9.40. The van der Waals surface area contributed by atoms with Crippen molar-refractivity contribution in [2.24, 2.45) is 0 Å². The van der Waals surface area contributed by atoms with E-state index in [1.54, 1.807) is 0 Å². The van der Waals surface area contributed by atoms with E-state index in [1.807, 2.05) is 31.2 Å². The second kappa shape index (κ2) is 8.42. The van der Waals surface area contributed by atoms with Crippen molar-refractivity contribution in [2.45, 2.75) is 51.6 Å². The van der Waals surface area contributed by atoms with Crippen LogP contribution in [0.15, 0.2) is 30.3 Å². The lowest BCUT2D eigenvalue weighted by Gasteiger charge is -2.19. The number of methoxy groups -OCH3 is 1. The van der Waals surface area contributed by atoms with Crippen LogP contribution in [0, 0.1) is 12.7 Å². The van der Waals surface area contributed by atoms with Crippen LogP contribution in [0.4, 0.5) is 10.1 Å². The van der Waals surface area contributed by atoms with E-state index in [0.717, 1.165) is 42.4 Å². The number of nitrogen functional groups attached to an aromatic ring is 1. The lowest BCUT2D eigenvalue weighted by atomic mass is 9.97. The molecule has 0 spiro atoms. The summed E-state index contributed by atoms with van der Waals surface area (Å²) in [5, 5.41) is 0. The third-order valence-electron chi connectivity index (χ3n) is 5.12. The molecule has 0 amide bonds. The minimum atomic E-state index is -0.395. The van der Waals surface area contributed by atoms with Crippen molar-refractivity contribution in [1.82, 2.24) is 0 Å². The van der Waals surface area contributed by atoms with Gasteiger partial charge < -0.3 is 15.2 Å². The van der Waals surface area contributed by atoms with Crippen molar-refractivity contribution in [3.8, 4) is 16.9 Å². The van der Waals surface area contributed by atoms with Gasteiger partial charge in [0.15, 0.2) is 11.6 Å². The molecule has 0 heterocycles. The van der Waals surface area contributed by atoms with Gasteiger partial charge >= 0.3 is 5.97 Å². The number of nitrogens with two attached hydrogens (primary N) is 1. The van der Waals surface area contributed by atoms with Gasteiger partial charge in [-0.1, -0.05) is 6.07 Å². The molecule has 4 nitrogen and oxygen atoms in total. The van der Waals surface area contributed by atoms with Crippen molar-refractivity contribution in [3.05, 3.63) is 47.3 Å². The summed E-state index contributed by atoms with van der Waals surface area (Å²) < 4.78 is 25.7. The summed E-state index contributed by atoms with van der Waals surface area (Å²) in [6.07, 6.45) is 4.79. The molecule has 0 bridgehead atoms. The van der Waals surface area contributed by atoms with Gasteiger partial charge in [0.25, 0.3) is 0 Å². The van der Waals surface area contributed by atoms with E-state index in [1.165, 1.54) is 13.2 Å². The number of aryl methyl sites for hydroxylation is 2. The Balaban J connectivity index is 1.99. The Kier molecular flexibility index (Phi) is 5.99. The molecule has 0 radical (unpaired) electrons. The van der Waals surface area contributed by atoms with Gasteiger partial charge in [0.1, 0.15) is 0 Å². The smallest absolute Gasteiger partial charge is 0.305 e. The lowest BCUT2D eigenvalue weighted by Crippen LogP contribution is -2.13. The quantitative estimate of drug-likeness (QED) is 0.585. The van der Waals surface area contributed by atoms with Crippen LogP contribution in [0.2, 0.25) is 0 Å². The highest BCUT2D eigenvalue weighted by molar-refractivity contribution is 5.74.